The van der Waals surface area contributed by atoms with Crippen LogP contribution < -0.4 is 5.32 Å². The van der Waals surface area contributed by atoms with E-state index >= 15 is 0 Å². The number of ketones is 1. The van der Waals surface area contributed by atoms with Gasteiger partial charge in [-0.3, -0.25) is 4.79 Å². The lowest BCUT2D eigenvalue weighted by atomic mass is 10.0. The van der Waals surface area contributed by atoms with Crippen LogP contribution in [0.3, 0.4) is 0 Å². The predicted octanol–water partition coefficient (Wildman–Crippen LogP) is 4.39. The maximum absolute atomic E-state index is 12.5. The summed E-state index contributed by atoms with van der Waals surface area (Å²) in [4.78, 5) is 12.5. The molecule has 0 bridgehead atoms. The first-order valence-electron chi connectivity index (χ1n) is 6.24. The Labute approximate surface area is 118 Å². The summed E-state index contributed by atoms with van der Waals surface area (Å²) in [6.07, 6.45) is 0. The highest BCUT2D eigenvalue weighted by Gasteiger charge is 2.14. The SMILES string of the molecule is CC(C)Nc1cc(Cl)ccc1C(=O)c1ccccc1. The third-order valence-corrected chi connectivity index (χ3v) is 2.94. The molecule has 2 aromatic rings. The van der Waals surface area contributed by atoms with Gasteiger partial charge in [-0.25, -0.2) is 0 Å². The van der Waals surface area contributed by atoms with Crippen molar-refractivity contribution in [2.75, 3.05) is 5.32 Å². The van der Waals surface area contributed by atoms with E-state index in [2.05, 4.69) is 5.32 Å². The predicted molar refractivity (Wildman–Crippen MR) is 80.1 cm³/mol. The molecule has 0 fully saturated rings. The molecule has 0 aliphatic rings. The van der Waals surface area contributed by atoms with Gasteiger partial charge in [-0.1, -0.05) is 41.9 Å². The van der Waals surface area contributed by atoms with E-state index in [4.69, 9.17) is 11.6 Å². The van der Waals surface area contributed by atoms with E-state index in [0.717, 1.165) is 5.69 Å². The van der Waals surface area contributed by atoms with E-state index in [-0.39, 0.29) is 11.8 Å². The first-order valence-corrected chi connectivity index (χ1v) is 6.61. The summed E-state index contributed by atoms with van der Waals surface area (Å²) in [5.41, 5.74) is 2.09. The topological polar surface area (TPSA) is 29.1 Å². The van der Waals surface area contributed by atoms with Crippen LogP contribution in [0.4, 0.5) is 5.69 Å². The fourth-order valence-corrected chi connectivity index (χ4v) is 2.06. The molecule has 0 spiro atoms. The number of nitrogens with one attached hydrogen (secondary N) is 1. The summed E-state index contributed by atoms with van der Waals surface area (Å²) in [7, 11) is 0. The number of halogens is 1. The molecule has 0 aliphatic heterocycles. The Morgan fingerprint density at radius 2 is 1.79 bits per heavy atom. The van der Waals surface area contributed by atoms with Gasteiger partial charge in [0.15, 0.2) is 5.78 Å². The van der Waals surface area contributed by atoms with Gasteiger partial charge in [0.05, 0.1) is 0 Å². The molecule has 0 aliphatic carbocycles. The van der Waals surface area contributed by atoms with Gasteiger partial charge in [-0.15, -0.1) is 0 Å². The molecule has 0 atom stereocenters. The number of anilines is 1. The second-order valence-corrected chi connectivity index (χ2v) is 5.12. The molecule has 2 aromatic carbocycles. The van der Waals surface area contributed by atoms with Gasteiger partial charge in [-0.05, 0) is 32.0 Å². The second-order valence-electron chi connectivity index (χ2n) is 4.68. The minimum absolute atomic E-state index is 0.000386. The zero-order chi connectivity index (χ0) is 13.8. The Morgan fingerprint density at radius 1 is 1.11 bits per heavy atom. The monoisotopic (exact) mass is 273 g/mol. The lowest BCUT2D eigenvalue weighted by molar-refractivity contribution is 0.103. The summed E-state index contributed by atoms with van der Waals surface area (Å²) in [6, 6.07) is 14.8. The average molecular weight is 274 g/mol. The van der Waals surface area contributed by atoms with Crippen LogP contribution >= 0.6 is 11.6 Å². The van der Waals surface area contributed by atoms with Crippen molar-refractivity contribution in [1.29, 1.82) is 0 Å². The molecule has 0 unspecified atom stereocenters. The van der Waals surface area contributed by atoms with Crippen molar-refractivity contribution in [3.8, 4) is 0 Å². The summed E-state index contributed by atoms with van der Waals surface area (Å²) in [6.45, 7) is 4.05. The summed E-state index contributed by atoms with van der Waals surface area (Å²) < 4.78 is 0. The first kappa shape index (κ1) is 13.6. The zero-order valence-corrected chi connectivity index (χ0v) is 11.7. The van der Waals surface area contributed by atoms with E-state index in [1.807, 2.05) is 44.2 Å². The van der Waals surface area contributed by atoms with Gasteiger partial charge in [-0.2, -0.15) is 0 Å². The summed E-state index contributed by atoms with van der Waals surface area (Å²) in [5.74, 6) is 0.000386. The van der Waals surface area contributed by atoms with Crippen molar-refractivity contribution < 1.29 is 4.79 Å². The Morgan fingerprint density at radius 3 is 2.42 bits per heavy atom. The number of rotatable bonds is 4. The highest BCUT2D eigenvalue weighted by molar-refractivity contribution is 6.31. The van der Waals surface area contributed by atoms with Crippen molar-refractivity contribution in [2.24, 2.45) is 0 Å². The molecule has 0 saturated carbocycles. The molecule has 2 rings (SSSR count). The number of hydrogen-bond acceptors (Lipinski definition) is 2. The van der Waals surface area contributed by atoms with Crippen molar-refractivity contribution in [3.63, 3.8) is 0 Å². The lowest BCUT2D eigenvalue weighted by Crippen LogP contribution is -2.14. The largest absolute Gasteiger partial charge is 0.382 e. The third-order valence-electron chi connectivity index (χ3n) is 2.71. The standard InChI is InChI=1S/C16H16ClNO/c1-11(2)18-15-10-13(17)8-9-14(15)16(19)12-6-4-3-5-7-12/h3-11,18H,1-2H3. The van der Waals surface area contributed by atoms with E-state index in [9.17, 15) is 4.79 Å². The Bertz CT molecular complexity index is 579. The highest BCUT2D eigenvalue weighted by Crippen LogP contribution is 2.24. The van der Waals surface area contributed by atoms with E-state index in [1.165, 1.54) is 0 Å². The van der Waals surface area contributed by atoms with Crippen LogP contribution in [0.15, 0.2) is 48.5 Å². The maximum Gasteiger partial charge on any atom is 0.195 e. The minimum Gasteiger partial charge on any atom is -0.382 e. The first-order chi connectivity index (χ1) is 9.08. The fraction of sp³-hybridized carbons (Fsp3) is 0.188. The number of hydrogen-bond donors (Lipinski definition) is 1. The fourth-order valence-electron chi connectivity index (χ4n) is 1.89. The van der Waals surface area contributed by atoms with E-state index in [1.54, 1.807) is 18.2 Å². The van der Waals surface area contributed by atoms with Gasteiger partial charge in [0.2, 0.25) is 0 Å². The van der Waals surface area contributed by atoms with Crippen LogP contribution in [0.1, 0.15) is 29.8 Å². The van der Waals surface area contributed by atoms with Gasteiger partial charge in [0, 0.05) is 27.9 Å². The van der Waals surface area contributed by atoms with Crippen LogP contribution in [0.25, 0.3) is 0 Å². The molecule has 0 heterocycles. The molecular formula is C16H16ClNO. The normalized spacial score (nSPS) is 10.5. The van der Waals surface area contributed by atoms with E-state index in [0.29, 0.717) is 16.1 Å². The van der Waals surface area contributed by atoms with E-state index < -0.39 is 0 Å². The molecule has 3 heteroatoms. The Balaban J connectivity index is 2.41. The lowest BCUT2D eigenvalue weighted by Gasteiger charge is -2.14. The van der Waals surface area contributed by atoms with Crippen LogP contribution in [0.5, 0.6) is 0 Å². The van der Waals surface area contributed by atoms with Gasteiger partial charge in [0.25, 0.3) is 0 Å². The molecule has 2 nitrogen and oxygen atoms in total. The highest BCUT2D eigenvalue weighted by atomic mass is 35.5. The number of benzene rings is 2. The molecule has 0 aromatic heterocycles. The van der Waals surface area contributed by atoms with Crippen molar-refractivity contribution >= 4 is 23.1 Å². The Kier molecular flexibility index (Phi) is 4.23. The summed E-state index contributed by atoms with van der Waals surface area (Å²) >= 11 is 6.00. The molecule has 19 heavy (non-hydrogen) atoms. The molecule has 1 N–H and O–H groups in total. The third kappa shape index (κ3) is 3.36. The van der Waals surface area contributed by atoms with Crippen LogP contribution in [-0.2, 0) is 0 Å². The average Bonchev–Trinajstić information content (AvgIpc) is 2.38. The number of carbonyl (C=O) groups excluding carboxylic acids is 1. The van der Waals surface area contributed by atoms with Crippen molar-refractivity contribution in [2.45, 2.75) is 19.9 Å². The van der Waals surface area contributed by atoms with Crippen LogP contribution in [0.2, 0.25) is 5.02 Å². The van der Waals surface area contributed by atoms with Gasteiger partial charge in [0.1, 0.15) is 0 Å². The Hall–Kier alpha value is -1.80. The van der Waals surface area contributed by atoms with Gasteiger partial charge >= 0.3 is 0 Å². The van der Waals surface area contributed by atoms with Crippen molar-refractivity contribution in [3.05, 3.63) is 64.7 Å². The van der Waals surface area contributed by atoms with Crippen LogP contribution in [-0.4, -0.2) is 11.8 Å². The smallest absolute Gasteiger partial charge is 0.195 e. The zero-order valence-electron chi connectivity index (χ0n) is 11.0. The molecule has 0 radical (unpaired) electrons. The quantitative estimate of drug-likeness (QED) is 0.837. The molecule has 0 amide bonds. The summed E-state index contributed by atoms with van der Waals surface area (Å²) in [5, 5.41) is 3.88. The molecule has 98 valence electrons. The maximum atomic E-state index is 12.5. The van der Waals surface area contributed by atoms with Crippen LogP contribution in [0, 0.1) is 0 Å². The molecular weight excluding hydrogens is 258 g/mol. The number of carbonyl (C=O) groups is 1. The van der Waals surface area contributed by atoms with Crippen molar-refractivity contribution in [1.82, 2.24) is 0 Å². The molecule has 0 saturated heterocycles. The second kappa shape index (κ2) is 5.89. The minimum atomic E-state index is 0.000386. The van der Waals surface area contributed by atoms with Gasteiger partial charge < -0.3 is 5.32 Å².